The van der Waals surface area contributed by atoms with Gasteiger partial charge < -0.3 is 5.32 Å². The lowest BCUT2D eigenvalue weighted by molar-refractivity contribution is -0.123. The van der Waals surface area contributed by atoms with Crippen LogP contribution in [0.1, 0.15) is 27.1 Å². The topological polar surface area (TPSA) is 87.3 Å². The van der Waals surface area contributed by atoms with E-state index in [9.17, 15) is 18.8 Å². The maximum absolute atomic E-state index is 12.9. The van der Waals surface area contributed by atoms with Crippen LogP contribution in [0.4, 0.5) is 4.39 Å². The molecule has 3 N–H and O–H groups in total. The van der Waals surface area contributed by atoms with Crippen LogP contribution in [0.25, 0.3) is 0 Å². The minimum absolute atomic E-state index is 0.200. The van der Waals surface area contributed by atoms with E-state index in [-0.39, 0.29) is 11.5 Å². The molecule has 0 unspecified atom stereocenters. The number of benzene rings is 2. The molecule has 2 rings (SSSR count). The molecule has 3 amide bonds. The van der Waals surface area contributed by atoms with Gasteiger partial charge in [-0.05, 0) is 54.8 Å². The first-order valence-corrected chi connectivity index (χ1v) is 9.61. The predicted molar refractivity (Wildman–Crippen MR) is 103 cm³/mol. The van der Waals surface area contributed by atoms with Gasteiger partial charge in [-0.15, -0.1) is 0 Å². The molecule has 0 aromatic heterocycles. The van der Waals surface area contributed by atoms with Crippen LogP contribution in [0.5, 0.6) is 0 Å². The molecule has 0 bridgehead atoms. The summed E-state index contributed by atoms with van der Waals surface area (Å²) in [6, 6.07) is 12.7. The number of rotatable bonds is 7. The zero-order valence-corrected chi connectivity index (χ0v) is 15.5. The van der Waals surface area contributed by atoms with E-state index < -0.39 is 23.7 Å². The van der Waals surface area contributed by atoms with Crippen molar-refractivity contribution < 1.29 is 18.8 Å². The third kappa shape index (κ3) is 6.41. The minimum atomic E-state index is -0.807. The molecule has 1 atom stereocenters. The fourth-order valence-corrected chi connectivity index (χ4v) is 2.69. The number of amides is 3. The lowest BCUT2D eigenvalue weighted by atomic mass is 10.1. The van der Waals surface area contributed by atoms with Gasteiger partial charge in [0.15, 0.2) is 0 Å². The molecular formula is C19H20FN3O3S. The maximum atomic E-state index is 12.9. The molecule has 0 saturated carbocycles. The van der Waals surface area contributed by atoms with Crippen LogP contribution < -0.4 is 16.2 Å². The van der Waals surface area contributed by atoms with Crippen molar-refractivity contribution in [1.82, 2.24) is 16.2 Å². The number of carbonyl (C=O) groups excluding carboxylic acids is 3. The fourth-order valence-electron chi connectivity index (χ4n) is 2.21. The molecule has 6 nitrogen and oxygen atoms in total. The molecule has 142 valence electrons. The molecule has 0 radical (unpaired) electrons. The molecule has 0 aliphatic heterocycles. The number of halogens is 1. The van der Waals surface area contributed by atoms with Crippen molar-refractivity contribution in [3.05, 3.63) is 71.5 Å². The fraction of sp³-hybridized carbons (Fsp3) is 0.211. The summed E-state index contributed by atoms with van der Waals surface area (Å²) >= 11 is 1.54. The van der Waals surface area contributed by atoms with Crippen molar-refractivity contribution in [2.24, 2.45) is 0 Å². The molecule has 0 spiro atoms. The van der Waals surface area contributed by atoms with Crippen molar-refractivity contribution >= 4 is 29.5 Å². The molecule has 0 saturated heterocycles. The highest BCUT2D eigenvalue weighted by atomic mass is 32.2. The monoisotopic (exact) mass is 389 g/mol. The number of hydrazine groups is 1. The first-order chi connectivity index (χ1) is 13.0. The zero-order valence-electron chi connectivity index (χ0n) is 14.7. The second-order valence-corrected chi connectivity index (χ2v) is 6.61. The molecule has 0 heterocycles. The van der Waals surface area contributed by atoms with Gasteiger partial charge in [0.05, 0.1) is 0 Å². The van der Waals surface area contributed by atoms with Gasteiger partial charge >= 0.3 is 0 Å². The molecule has 2 aromatic rings. The van der Waals surface area contributed by atoms with Crippen LogP contribution in [-0.4, -0.2) is 35.8 Å². The van der Waals surface area contributed by atoms with Gasteiger partial charge in [-0.2, -0.15) is 11.8 Å². The van der Waals surface area contributed by atoms with Crippen molar-refractivity contribution in [2.45, 2.75) is 12.5 Å². The van der Waals surface area contributed by atoms with Gasteiger partial charge in [-0.25, -0.2) is 4.39 Å². The quantitative estimate of drug-likeness (QED) is 0.633. The Bertz CT molecular complexity index is 785. The minimum Gasteiger partial charge on any atom is -0.340 e. The highest BCUT2D eigenvalue weighted by Crippen LogP contribution is 2.05. The summed E-state index contributed by atoms with van der Waals surface area (Å²) in [5.41, 5.74) is 5.21. The molecule has 0 fully saturated rings. The molecule has 0 aliphatic carbocycles. The van der Waals surface area contributed by atoms with Crippen LogP contribution in [0.2, 0.25) is 0 Å². The van der Waals surface area contributed by atoms with E-state index in [0.717, 1.165) is 12.1 Å². The Balaban J connectivity index is 1.96. The second-order valence-electron chi connectivity index (χ2n) is 5.62. The van der Waals surface area contributed by atoms with Gasteiger partial charge in [-0.3, -0.25) is 25.2 Å². The normalized spacial score (nSPS) is 11.3. The Morgan fingerprint density at radius 2 is 1.56 bits per heavy atom. The molecule has 27 heavy (non-hydrogen) atoms. The van der Waals surface area contributed by atoms with E-state index in [0.29, 0.717) is 17.7 Å². The van der Waals surface area contributed by atoms with Crippen LogP contribution in [0, 0.1) is 5.82 Å². The van der Waals surface area contributed by atoms with E-state index in [1.807, 2.05) is 6.26 Å². The summed E-state index contributed by atoms with van der Waals surface area (Å²) in [6.45, 7) is 0. The number of carbonyl (C=O) groups is 3. The summed E-state index contributed by atoms with van der Waals surface area (Å²) in [5.74, 6) is -1.30. The molecular weight excluding hydrogens is 369 g/mol. The first-order valence-electron chi connectivity index (χ1n) is 8.22. The van der Waals surface area contributed by atoms with Gasteiger partial charge in [0.2, 0.25) is 0 Å². The lowest BCUT2D eigenvalue weighted by Crippen LogP contribution is -2.52. The van der Waals surface area contributed by atoms with Gasteiger partial charge in [-0.1, -0.05) is 18.2 Å². The number of thioether (sulfide) groups is 1. The molecule has 2 aromatic carbocycles. The highest BCUT2D eigenvalue weighted by molar-refractivity contribution is 7.98. The van der Waals surface area contributed by atoms with Crippen molar-refractivity contribution in [3.63, 3.8) is 0 Å². The van der Waals surface area contributed by atoms with E-state index >= 15 is 0 Å². The van der Waals surface area contributed by atoms with Crippen LogP contribution in [0.15, 0.2) is 54.6 Å². The Hall–Kier alpha value is -2.87. The standard InChI is InChI=1S/C19H20FN3O3S/c1-27-12-11-16(21-17(24)13-5-3-2-4-6-13)19(26)23-22-18(25)14-7-9-15(20)10-8-14/h2-10,16H,11-12H2,1H3,(H,21,24)(H,22,25)(H,23,26)/t16-/m0/s1. The zero-order chi connectivity index (χ0) is 19.6. The highest BCUT2D eigenvalue weighted by Gasteiger charge is 2.21. The average Bonchev–Trinajstić information content (AvgIpc) is 2.70. The van der Waals surface area contributed by atoms with E-state index in [1.54, 1.807) is 30.3 Å². The third-order valence-corrected chi connectivity index (χ3v) is 4.32. The summed E-state index contributed by atoms with van der Waals surface area (Å²) < 4.78 is 12.9. The van der Waals surface area contributed by atoms with Crippen molar-refractivity contribution in [2.75, 3.05) is 12.0 Å². The Kier molecular flexibility index (Phi) is 7.81. The van der Waals surface area contributed by atoms with Crippen molar-refractivity contribution in [1.29, 1.82) is 0 Å². The largest absolute Gasteiger partial charge is 0.340 e. The summed E-state index contributed by atoms with van der Waals surface area (Å²) in [6.07, 6.45) is 2.29. The van der Waals surface area contributed by atoms with E-state index in [4.69, 9.17) is 0 Å². The molecule has 8 heteroatoms. The number of hydrogen-bond acceptors (Lipinski definition) is 4. The first kappa shape index (κ1) is 20.4. The number of nitrogens with one attached hydrogen (secondary N) is 3. The van der Waals surface area contributed by atoms with Crippen LogP contribution >= 0.6 is 11.8 Å². The Morgan fingerprint density at radius 3 is 2.19 bits per heavy atom. The molecule has 0 aliphatic rings. The summed E-state index contributed by atoms with van der Waals surface area (Å²) in [7, 11) is 0. The van der Waals surface area contributed by atoms with E-state index in [1.165, 1.54) is 23.9 Å². The number of hydrogen-bond donors (Lipinski definition) is 3. The van der Waals surface area contributed by atoms with Crippen LogP contribution in [0.3, 0.4) is 0 Å². The van der Waals surface area contributed by atoms with E-state index in [2.05, 4.69) is 16.2 Å². The summed E-state index contributed by atoms with van der Waals surface area (Å²) in [5, 5.41) is 2.67. The average molecular weight is 389 g/mol. The Labute approximate surface area is 160 Å². The smallest absolute Gasteiger partial charge is 0.269 e. The Morgan fingerprint density at radius 1 is 0.926 bits per heavy atom. The van der Waals surface area contributed by atoms with Crippen LogP contribution in [-0.2, 0) is 4.79 Å². The van der Waals surface area contributed by atoms with Crippen molar-refractivity contribution in [3.8, 4) is 0 Å². The second kappa shape index (κ2) is 10.3. The van der Waals surface area contributed by atoms with Gasteiger partial charge in [0.1, 0.15) is 11.9 Å². The summed E-state index contributed by atoms with van der Waals surface area (Å²) in [4.78, 5) is 36.7. The van der Waals surface area contributed by atoms with Gasteiger partial charge in [0, 0.05) is 11.1 Å². The predicted octanol–water partition coefficient (Wildman–Crippen LogP) is 2.14. The lowest BCUT2D eigenvalue weighted by Gasteiger charge is -2.18. The third-order valence-electron chi connectivity index (χ3n) is 3.67. The van der Waals surface area contributed by atoms with Gasteiger partial charge in [0.25, 0.3) is 17.7 Å². The SMILES string of the molecule is CSCC[C@H](NC(=O)c1ccccc1)C(=O)NNC(=O)c1ccc(F)cc1. The maximum Gasteiger partial charge on any atom is 0.269 e.